The maximum atomic E-state index is 12.8. The van der Waals surface area contributed by atoms with Crippen LogP contribution in [-0.4, -0.2) is 32.6 Å². The van der Waals surface area contributed by atoms with Crippen molar-refractivity contribution in [2.24, 2.45) is 5.10 Å². The van der Waals surface area contributed by atoms with Gasteiger partial charge in [-0.3, -0.25) is 9.36 Å². The lowest BCUT2D eigenvalue weighted by Gasteiger charge is -2.25. The van der Waals surface area contributed by atoms with Crippen LogP contribution in [0.4, 0.5) is 0 Å². The molecule has 0 unspecified atom stereocenters. The van der Waals surface area contributed by atoms with E-state index in [1.165, 1.54) is 36.6 Å². The predicted molar refractivity (Wildman–Crippen MR) is 160 cm³/mol. The maximum Gasteiger partial charge on any atom is 0.250 e. The Morgan fingerprint density at radius 3 is 2.31 bits per heavy atom. The smallest absolute Gasteiger partial charge is 0.250 e. The Hall–Kier alpha value is -3.97. The number of carbonyl (C=O) groups is 1. The first kappa shape index (κ1) is 25.3. The van der Waals surface area contributed by atoms with Crippen molar-refractivity contribution >= 4 is 45.4 Å². The fourth-order valence-corrected chi connectivity index (χ4v) is 6.26. The summed E-state index contributed by atoms with van der Waals surface area (Å²) in [5.41, 5.74) is 5.99. The second kappa shape index (κ2) is 11.4. The van der Waals surface area contributed by atoms with E-state index in [0.717, 1.165) is 56.5 Å². The topological polar surface area (TPSA) is 72.2 Å². The van der Waals surface area contributed by atoms with Gasteiger partial charge in [0.1, 0.15) is 0 Å². The van der Waals surface area contributed by atoms with Crippen LogP contribution < -0.4 is 5.43 Å². The van der Waals surface area contributed by atoms with Crippen molar-refractivity contribution in [1.29, 1.82) is 0 Å². The first-order valence-electron chi connectivity index (χ1n) is 13.5. The van der Waals surface area contributed by atoms with E-state index in [0.29, 0.717) is 6.04 Å². The van der Waals surface area contributed by atoms with Gasteiger partial charge in [-0.1, -0.05) is 109 Å². The van der Waals surface area contributed by atoms with Gasteiger partial charge in [0.05, 0.1) is 12.0 Å². The van der Waals surface area contributed by atoms with E-state index >= 15 is 0 Å². The molecular weight excluding hydrogens is 502 g/mol. The van der Waals surface area contributed by atoms with Crippen molar-refractivity contribution in [1.82, 2.24) is 20.2 Å². The van der Waals surface area contributed by atoms with Crippen LogP contribution in [0.3, 0.4) is 0 Å². The van der Waals surface area contributed by atoms with Crippen LogP contribution in [0.2, 0.25) is 0 Å². The van der Waals surface area contributed by atoms with Gasteiger partial charge in [-0.2, -0.15) is 5.10 Å². The average molecular weight is 534 g/mol. The molecule has 0 radical (unpaired) electrons. The molecule has 1 aliphatic rings. The SMILES string of the molecule is Cc1ccc(-c2nnc(SCC(=O)N/N=C/c3c4ccccc4cc4ccccc34)n2C2CCCCC2)cc1. The van der Waals surface area contributed by atoms with Crippen molar-refractivity contribution in [3.8, 4) is 11.4 Å². The lowest BCUT2D eigenvalue weighted by molar-refractivity contribution is -0.118. The minimum Gasteiger partial charge on any atom is -0.299 e. The molecule has 0 saturated heterocycles. The Bertz CT molecular complexity index is 1600. The largest absolute Gasteiger partial charge is 0.299 e. The molecule has 1 fully saturated rings. The summed E-state index contributed by atoms with van der Waals surface area (Å²) < 4.78 is 2.26. The quantitative estimate of drug-likeness (QED) is 0.103. The molecular formula is C32H31N5OS. The molecule has 1 aliphatic carbocycles. The molecule has 0 spiro atoms. The zero-order chi connectivity index (χ0) is 26.6. The third-order valence-corrected chi connectivity index (χ3v) is 8.39. The molecule has 196 valence electrons. The lowest BCUT2D eigenvalue weighted by Crippen LogP contribution is -2.20. The Morgan fingerprint density at radius 2 is 1.62 bits per heavy atom. The molecule has 7 heteroatoms. The van der Waals surface area contributed by atoms with Crippen molar-refractivity contribution in [3.63, 3.8) is 0 Å². The van der Waals surface area contributed by atoms with Gasteiger partial charge in [0.2, 0.25) is 0 Å². The van der Waals surface area contributed by atoms with E-state index in [9.17, 15) is 4.79 Å². The summed E-state index contributed by atoms with van der Waals surface area (Å²) in [5.74, 6) is 0.924. The molecule has 1 heterocycles. The summed E-state index contributed by atoms with van der Waals surface area (Å²) in [6, 6.07) is 27.4. The summed E-state index contributed by atoms with van der Waals surface area (Å²) in [6.07, 6.45) is 7.66. The monoisotopic (exact) mass is 533 g/mol. The first-order chi connectivity index (χ1) is 19.2. The number of nitrogens with one attached hydrogen (secondary N) is 1. The van der Waals surface area contributed by atoms with Gasteiger partial charge >= 0.3 is 0 Å². The van der Waals surface area contributed by atoms with E-state index in [1.54, 1.807) is 6.21 Å². The average Bonchev–Trinajstić information content (AvgIpc) is 3.40. The Labute approximate surface area is 232 Å². The minimum absolute atomic E-state index is 0.170. The first-order valence-corrected chi connectivity index (χ1v) is 14.5. The number of benzene rings is 4. The van der Waals surface area contributed by atoms with Gasteiger partial charge in [0.15, 0.2) is 11.0 Å². The lowest BCUT2D eigenvalue weighted by atomic mass is 9.95. The number of nitrogens with zero attached hydrogens (tertiary/aromatic N) is 4. The molecule has 39 heavy (non-hydrogen) atoms. The fraction of sp³-hybridized carbons (Fsp3) is 0.250. The Balaban J connectivity index is 1.20. The molecule has 1 N–H and O–H groups in total. The molecule has 1 saturated carbocycles. The minimum atomic E-state index is -0.170. The second-order valence-corrected chi connectivity index (χ2v) is 11.1. The third kappa shape index (κ3) is 5.45. The number of aryl methyl sites for hydroxylation is 1. The van der Waals surface area contributed by atoms with Crippen LogP contribution >= 0.6 is 11.8 Å². The molecule has 1 amide bonds. The highest BCUT2D eigenvalue weighted by atomic mass is 32.2. The van der Waals surface area contributed by atoms with Gasteiger partial charge < -0.3 is 0 Å². The Morgan fingerprint density at radius 1 is 0.949 bits per heavy atom. The molecule has 6 rings (SSSR count). The summed E-state index contributed by atoms with van der Waals surface area (Å²) in [6.45, 7) is 2.08. The highest BCUT2D eigenvalue weighted by Crippen LogP contribution is 2.35. The summed E-state index contributed by atoms with van der Waals surface area (Å²) in [4.78, 5) is 12.8. The van der Waals surface area contributed by atoms with Crippen molar-refractivity contribution < 1.29 is 4.79 Å². The van der Waals surface area contributed by atoms with Crippen molar-refractivity contribution in [2.45, 2.75) is 50.2 Å². The zero-order valence-corrected chi connectivity index (χ0v) is 22.8. The number of hydrogen-bond donors (Lipinski definition) is 1. The molecule has 5 aromatic rings. The highest BCUT2D eigenvalue weighted by Gasteiger charge is 2.24. The number of thioether (sulfide) groups is 1. The molecule has 0 aliphatic heterocycles. The summed E-state index contributed by atoms with van der Waals surface area (Å²) >= 11 is 1.42. The van der Waals surface area contributed by atoms with E-state index in [1.807, 2.05) is 24.3 Å². The number of rotatable bonds is 7. The van der Waals surface area contributed by atoms with E-state index < -0.39 is 0 Å². The number of hydrazone groups is 1. The molecule has 6 nitrogen and oxygen atoms in total. The van der Waals surface area contributed by atoms with Gasteiger partial charge in [0.25, 0.3) is 5.91 Å². The maximum absolute atomic E-state index is 12.8. The van der Waals surface area contributed by atoms with Crippen LogP contribution in [0.15, 0.2) is 89.1 Å². The zero-order valence-electron chi connectivity index (χ0n) is 22.0. The van der Waals surface area contributed by atoms with Crippen LogP contribution in [0.1, 0.15) is 49.3 Å². The van der Waals surface area contributed by atoms with Crippen molar-refractivity contribution in [3.05, 3.63) is 90.0 Å². The fourth-order valence-electron chi connectivity index (χ4n) is 5.46. The Kier molecular flexibility index (Phi) is 7.41. The molecule has 1 aromatic heterocycles. The van der Waals surface area contributed by atoms with E-state index in [-0.39, 0.29) is 11.7 Å². The van der Waals surface area contributed by atoms with Gasteiger partial charge in [-0.05, 0) is 47.4 Å². The number of hydrogen-bond acceptors (Lipinski definition) is 5. The second-order valence-electron chi connectivity index (χ2n) is 10.1. The standard InChI is InChI=1S/C32H31N5OS/c1-22-15-17-23(18-16-22)31-35-36-32(37(31)26-11-3-2-4-12-26)39-21-30(38)34-33-20-29-27-13-7-5-9-24(27)19-25-10-6-8-14-28(25)29/h5-10,13-20,26H,2-4,11-12,21H2,1H3,(H,34,38)/b33-20+. The molecule has 0 bridgehead atoms. The van der Waals surface area contributed by atoms with Gasteiger partial charge in [-0.25, -0.2) is 5.43 Å². The van der Waals surface area contributed by atoms with E-state index in [4.69, 9.17) is 0 Å². The highest BCUT2D eigenvalue weighted by molar-refractivity contribution is 7.99. The van der Waals surface area contributed by atoms with Crippen LogP contribution in [-0.2, 0) is 4.79 Å². The van der Waals surface area contributed by atoms with Gasteiger partial charge in [-0.15, -0.1) is 10.2 Å². The summed E-state index contributed by atoms with van der Waals surface area (Å²) in [5, 5.41) is 18.7. The number of amides is 1. The normalized spacial score (nSPS) is 14.4. The number of fused-ring (bicyclic) bond motifs is 2. The molecule has 0 atom stereocenters. The van der Waals surface area contributed by atoms with Crippen molar-refractivity contribution in [2.75, 3.05) is 5.75 Å². The van der Waals surface area contributed by atoms with Crippen LogP contribution in [0, 0.1) is 6.92 Å². The molecule has 4 aromatic carbocycles. The number of carbonyl (C=O) groups excluding carboxylic acids is 1. The van der Waals surface area contributed by atoms with Crippen LogP contribution in [0.5, 0.6) is 0 Å². The van der Waals surface area contributed by atoms with Crippen LogP contribution in [0.25, 0.3) is 32.9 Å². The number of aromatic nitrogens is 3. The third-order valence-electron chi connectivity index (χ3n) is 7.44. The van der Waals surface area contributed by atoms with Gasteiger partial charge in [0, 0.05) is 17.2 Å². The summed E-state index contributed by atoms with van der Waals surface area (Å²) in [7, 11) is 0. The van der Waals surface area contributed by atoms with E-state index in [2.05, 4.69) is 86.8 Å². The predicted octanol–water partition coefficient (Wildman–Crippen LogP) is 7.31.